The molecule has 0 radical (unpaired) electrons. The van der Waals surface area contributed by atoms with E-state index in [1.165, 1.54) is 37.2 Å². The summed E-state index contributed by atoms with van der Waals surface area (Å²) in [7, 11) is 1.70. The molecule has 0 bridgehead atoms. The second-order valence-electron chi connectivity index (χ2n) is 10.5. The van der Waals surface area contributed by atoms with Gasteiger partial charge in [0.2, 0.25) is 0 Å². The number of anilines is 1. The minimum atomic E-state index is -0.0250. The van der Waals surface area contributed by atoms with Crippen LogP contribution in [0.5, 0.6) is 5.75 Å². The van der Waals surface area contributed by atoms with Crippen molar-refractivity contribution in [1.29, 1.82) is 0 Å². The summed E-state index contributed by atoms with van der Waals surface area (Å²) in [5, 5.41) is 3.10. The number of likely N-dealkylation sites (tertiary alicyclic amines) is 1. The van der Waals surface area contributed by atoms with Crippen molar-refractivity contribution in [3.8, 4) is 17.0 Å². The molecule has 7 nitrogen and oxygen atoms in total. The zero-order chi connectivity index (χ0) is 26.9. The molecule has 2 aliphatic heterocycles. The fraction of sp³-hybridized carbons (Fsp3) is 0.438. The summed E-state index contributed by atoms with van der Waals surface area (Å²) in [6.45, 7) is 9.19. The van der Waals surface area contributed by atoms with Crippen molar-refractivity contribution >= 4 is 11.6 Å². The van der Waals surface area contributed by atoms with Gasteiger partial charge in [-0.2, -0.15) is 0 Å². The largest absolute Gasteiger partial charge is 0.497 e. The molecule has 2 aromatic carbocycles. The van der Waals surface area contributed by atoms with Crippen molar-refractivity contribution in [1.82, 2.24) is 20.1 Å². The zero-order valence-electron chi connectivity index (χ0n) is 23.1. The maximum Gasteiger partial charge on any atom is 0.251 e. The summed E-state index contributed by atoms with van der Waals surface area (Å²) in [6, 6.07) is 20.5. The van der Waals surface area contributed by atoms with Crippen LogP contribution in [0.4, 0.5) is 5.69 Å². The number of ether oxygens (including phenoxy) is 1. The highest BCUT2D eigenvalue weighted by atomic mass is 16.5. The van der Waals surface area contributed by atoms with Crippen LogP contribution in [0.1, 0.15) is 35.2 Å². The van der Waals surface area contributed by atoms with Crippen LogP contribution < -0.4 is 15.0 Å². The summed E-state index contributed by atoms with van der Waals surface area (Å²) in [6.07, 6.45) is 6.38. The maximum absolute atomic E-state index is 12.9. The van der Waals surface area contributed by atoms with Crippen LogP contribution in [0.3, 0.4) is 0 Å². The van der Waals surface area contributed by atoms with Crippen molar-refractivity contribution in [3.05, 3.63) is 78.0 Å². The first-order chi connectivity index (χ1) is 19.2. The van der Waals surface area contributed by atoms with Crippen LogP contribution >= 0.6 is 0 Å². The molecule has 1 amide bonds. The lowest BCUT2D eigenvalue weighted by Gasteiger charge is -2.37. The number of methoxy groups -OCH3 is 1. The molecule has 0 spiro atoms. The minimum Gasteiger partial charge on any atom is -0.497 e. The first-order valence-electron chi connectivity index (χ1n) is 14.4. The predicted molar refractivity (Wildman–Crippen MR) is 158 cm³/mol. The number of nitrogens with zero attached hydrogens (tertiary/aromatic N) is 4. The van der Waals surface area contributed by atoms with Crippen molar-refractivity contribution in [3.63, 3.8) is 0 Å². The Morgan fingerprint density at radius 3 is 2.41 bits per heavy atom. The van der Waals surface area contributed by atoms with Gasteiger partial charge in [0.05, 0.1) is 12.8 Å². The number of rotatable bonds is 11. The number of nitrogens with one attached hydrogen (secondary N) is 1. The first kappa shape index (κ1) is 27.2. The van der Waals surface area contributed by atoms with Crippen molar-refractivity contribution in [2.75, 3.05) is 70.9 Å². The quantitative estimate of drug-likeness (QED) is 0.375. The van der Waals surface area contributed by atoms with Gasteiger partial charge in [-0.25, -0.2) is 0 Å². The topological polar surface area (TPSA) is 60.9 Å². The fourth-order valence-electron chi connectivity index (χ4n) is 5.59. The van der Waals surface area contributed by atoms with Gasteiger partial charge in [-0.3, -0.25) is 14.7 Å². The second-order valence-corrected chi connectivity index (χ2v) is 10.5. The summed E-state index contributed by atoms with van der Waals surface area (Å²) in [5.74, 6) is 0.877. The van der Waals surface area contributed by atoms with Gasteiger partial charge >= 0.3 is 0 Å². The lowest BCUT2D eigenvalue weighted by molar-refractivity contribution is 0.0952. The Morgan fingerprint density at radius 2 is 1.64 bits per heavy atom. The Labute approximate surface area is 232 Å². The van der Waals surface area contributed by atoms with E-state index < -0.39 is 0 Å². The molecule has 3 aromatic rings. The number of carbonyl (C=O) groups excluding carboxylic acids is 1. The molecule has 0 atom stereocenters. The van der Waals surface area contributed by atoms with Gasteiger partial charge in [0.25, 0.3) is 5.91 Å². The molecule has 0 unspecified atom stereocenters. The third-order valence-electron chi connectivity index (χ3n) is 7.93. The number of pyridine rings is 1. The lowest BCUT2D eigenvalue weighted by atomic mass is 10.0. The summed E-state index contributed by atoms with van der Waals surface area (Å²) < 4.78 is 5.27. The highest BCUT2D eigenvalue weighted by Crippen LogP contribution is 2.30. The van der Waals surface area contributed by atoms with Gasteiger partial charge in [-0.05, 0) is 81.2 Å². The van der Waals surface area contributed by atoms with E-state index in [9.17, 15) is 4.79 Å². The van der Waals surface area contributed by atoms with E-state index in [1.807, 2.05) is 24.3 Å². The zero-order valence-corrected chi connectivity index (χ0v) is 23.1. The van der Waals surface area contributed by atoms with E-state index in [-0.39, 0.29) is 5.91 Å². The molecule has 5 rings (SSSR count). The van der Waals surface area contributed by atoms with Crippen LogP contribution in [-0.4, -0.2) is 86.7 Å². The standard InChI is InChI=1S/C32H41N5O2/c1-39-28-11-9-26(10-12-28)14-20-36-21-23-37(24-22-36)31-8-3-2-7-29(31)30-25-27(13-16-33-30)32(38)34-15-6-19-35-17-4-5-18-35/h2-3,7-13,16,25H,4-6,14-15,17-24H2,1H3,(H,34,38). The average molecular weight is 528 g/mol. The Kier molecular flexibility index (Phi) is 9.46. The Bertz CT molecular complexity index is 1200. The smallest absolute Gasteiger partial charge is 0.251 e. The fourth-order valence-corrected chi connectivity index (χ4v) is 5.59. The van der Waals surface area contributed by atoms with Crippen LogP contribution in [-0.2, 0) is 6.42 Å². The van der Waals surface area contributed by atoms with E-state index in [4.69, 9.17) is 4.74 Å². The second kappa shape index (κ2) is 13.6. The molecule has 1 N–H and O–H groups in total. The maximum atomic E-state index is 12.9. The molecule has 0 saturated carbocycles. The SMILES string of the molecule is COc1ccc(CCN2CCN(c3ccccc3-c3cc(C(=O)NCCCN4CCCC4)ccn3)CC2)cc1. The van der Waals surface area contributed by atoms with Crippen LogP contribution in [0.25, 0.3) is 11.3 Å². The normalized spacial score (nSPS) is 16.4. The predicted octanol–water partition coefficient (Wildman–Crippen LogP) is 4.34. The summed E-state index contributed by atoms with van der Waals surface area (Å²) in [4.78, 5) is 25.0. The average Bonchev–Trinajstić information content (AvgIpc) is 3.52. The van der Waals surface area contributed by atoms with Crippen LogP contribution in [0, 0.1) is 0 Å². The molecule has 39 heavy (non-hydrogen) atoms. The number of amides is 1. The molecular weight excluding hydrogens is 486 g/mol. The molecule has 0 aliphatic carbocycles. The van der Waals surface area contributed by atoms with Gasteiger partial charge < -0.3 is 19.9 Å². The molecular formula is C32H41N5O2. The Balaban J connectivity index is 1.15. The van der Waals surface area contributed by atoms with E-state index >= 15 is 0 Å². The summed E-state index contributed by atoms with van der Waals surface area (Å²) >= 11 is 0. The third kappa shape index (κ3) is 7.37. The van der Waals surface area contributed by atoms with Gasteiger partial charge in [0.1, 0.15) is 5.75 Å². The first-order valence-corrected chi connectivity index (χ1v) is 14.4. The van der Waals surface area contributed by atoms with E-state index in [0.29, 0.717) is 12.1 Å². The summed E-state index contributed by atoms with van der Waals surface area (Å²) in [5.41, 5.74) is 5.11. The Morgan fingerprint density at radius 1 is 0.897 bits per heavy atom. The molecule has 206 valence electrons. The van der Waals surface area contributed by atoms with Gasteiger partial charge in [-0.15, -0.1) is 0 Å². The van der Waals surface area contributed by atoms with Gasteiger partial charge in [-0.1, -0.05) is 30.3 Å². The number of hydrogen-bond donors (Lipinski definition) is 1. The Hall–Kier alpha value is -3.42. The highest BCUT2D eigenvalue weighted by molar-refractivity contribution is 5.95. The van der Waals surface area contributed by atoms with Crippen molar-refractivity contribution < 1.29 is 9.53 Å². The van der Waals surface area contributed by atoms with Crippen LogP contribution in [0.2, 0.25) is 0 Å². The molecule has 2 aliphatic rings. The van der Waals surface area contributed by atoms with E-state index in [2.05, 4.69) is 61.4 Å². The molecule has 7 heteroatoms. The van der Waals surface area contributed by atoms with Crippen LogP contribution in [0.15, 0.2) is 66.9 Å². The number of hydrogen-bond acceptors (Lipinski definition) is 6. The third-order valence-corrected chi connectivity index (χ3v) is 7.93. The van der Waals surface area contributed by atoms with E-state index in [1.54, 1.807) is 13.3 Å². The molecule has 2 fully saturated rings. The lowest BCUT2D eigenvalue weighted by Crippen LogP contribution is -2.47. The van der Waals surface area contributed by atoms with Gasteiger partial charge in [0, 0.05) is 62.3 Å². The number of piperazine rings is 1. The number of carbonyl (C=O) groups is 1. The van der Waals surface area contributed by atoms with Crippen molar-refractivity contribution in [2.24, 2.45) is 0 Å². The molecule has 1 aromatic heterocycles. The monoisotopic (exact) mass is 527 g/mol. The van der Waals surface area contributed by atoms with Crippen molar-refractivity contribution in [2.45, 2.75) is 25.7 Å². The molecule has 2 saturated heterocycles. The number of para-hydroxylation sites is 1. The molecule has 3 heterocycles. The highest BCUT2D eigenvalue weighted by Gasteiger charge is 2.20. The van der Waals surface area contributed by atoms with Gasteiger partial charge in [0.15, 0.2) is 0 Å². The number of benzene rings is 2. The van der Waals surface area contributed by atoms with E-state index in [0.717, 1.165) is 69.1 Å². The number of aromatic nitrogens is 1. The minimum absolute atomic E-state index is 0.0250.